The highest BCUT2D eigenvalue weighted by atomic mass is 31.2. The van der Waals surface area contributed by atoms with Gasteiger partial charge in [0.1, 0.15) is 19.3 Å². The number of hydrogen-bond acceptors (Lipinski definition) is 6. The molecule has 0 aliphatic carbocycles. The molecule has 0 fully saturated rings. The average Bonchev–Trinajstić information content (AvgIpc) is 3.21. The lowest BCUT2D eigenvalue weighted by Crippen LogP contribution is -2.51. The third kappa shape index (κ3) is 43.0. The number of amides is 1. The van der Waals surface area contributed by atoms with Crippen LogP contribution in [0.15, 0.2) is 72.9 Å². The van der Waals surface area contributed by atoms with Crippen molar-refractivity contribution in [3.63, 3.8) is 0 Å². The Kier molecular flexibility index (Phi) is 40.4. The first-order valence-electron chi connectivity index (χ1n) is 24.4. The predicted octanol–water partition coefficient (Wildman–Crippen LogP) is 12.9. The lowest BCUT2D eigenvalue weighted by Gasteiger charge is -2.28. The molecule has 0 aromatic heterocycles. The van der Waals surface area contributed by atoms with E-state index in [9.17, 15) is 24.5 Å². The normalized spacial score (nSPS) is 15.3. The molecule has 4 N–H and O–H groups in total. The van der Waals surface area contributed by atoms with Crippen LogP contribution in [0.5, 0.6) is 0 Å². The number of likely N-dealkylation sites (N-methyl/N-ethyl adjacent to an activating group) is 1. The third-order valence-corrected chi connectivity index (χ3v) is 11.5. The summed E-state index contributed by atoms with van der Waals surface area (Å²) in [6.45, 7) is 4.44. The number of nitrogens with one attached hydrogen (secondary N) is 1. The zero-order chi connectivity index (χ0) is 45.1. The Labute approximate surface area is 375 Å². The molecule has 354 valence electrons. The minimum atomic E-state index is -4.43. The van der Waals surface area contributed by atoms with Crippen LogP contribution >= 0.6 is 7.82 Å². The molecule has 0 aromatic rings. The first-order chi connectivity index (χ1) is 29.4. The molecule has 9 nitrogen and oxygen atoms in total. The van der Waals surface area contributed by atoms with E-state index in [4.69, 9.17) is 9.05 Å². The first kappa shape index (κ1) is 58.9. The van der Waals surface area contributed by atoms with Gasteiger partial charge < -0.3 is 24.9 Å². The van der Waals surface area contributed by atoms with Gasteiger partial charge in [-0.15, -0.1) is 0 Å². The SMILES string of the molecule is CC/C=C\C/C=C\C/C=C\C/C=C\C/C=C\CCCCCCCCCCCC(=O)NC(COP(=O)(O)OCC[N+](C)(C)C)C(O)C(O)CCC/C=C/CCCCCCCCC. The maximum atomic E-state index is 12.9. The molecule has 0 aliphatic rings. The molecule has 0 saturated carbocycles. The van der Waals surface area contributed by atoms with Crippen LogP contribution in [-0.4, -0.2) is 84.6 Å². The Bertz CT molecular complexity index is 1240. The summed E-state index contributed by atoms with van der Waals surface area (Å²) in [5.41, 5.74) is 0. The van der Waals surface area contributed by atoms with E-state index in [1.165, 1.54) is 77.0 Å². The van der Waals surface area contributed by atoms with Gasteiger partial charge in [0.25, 0.3) is 0 Å². The number of aliphatic hydroxyl groups excluding tert-OH is 2. The van der Waals surface area contributed by atoms with Crippen LogP contribution in [0.3, 0.4) is 0 Å². The molecule has 0 radical (unpaired) electrons. The van der Waals surface area contributed by atoms with E-state index >= 15 is 0 Å². The number of aliphatic hydroxyl groups is 2. The number of allylic oxidation sites excluding steroid dienone is 12. The van der Waals surface area contributed by atoms with Crippen molar-refractivity contribution in [2.45, 2.75) is 205 Å². The highest BCUT2D eigenvalue weighted by molar-refractivity contribution is 7.47. The topological polar surface area (TPSA) is 125 Å². The average molecular weight is 878 g/mol. The van der Waals surface area contributed by atoms with Crippen molar-refractivity contribution in [2.24, 2.45) is 0 Å². The smallest absolute Gasteiger partial charge is 0.390 e. The molecule has 1 amide bonds. The number of carbonyl (C=O) groups excluding carboxylic acids is 1. The van der Waals surface area contributed by atoms with Crippen LogP contribution in [-0.2, 0) is 18.4 Å². The van der Waals surface area contributed by atoms with E-state index in [0.717, 1.165) is 70.6 Å². The van der Waals surface area contributed by atoms with Gasteiger partial charge in [0.15, 0.2) is 0 Å². The van der Waals surface area contributed by atoms with E-state index in [-0.39, 0.29) is 18.9 Å². The van der Waals surface area contributed by atoms with Gasteiger partial charge in [0, 0.05) is 6.42 Å². The summed E-state index contributed by atoms with van der Waals surface area (Å²) >= 11 is 0. The first-order valence-corrected chi connectivity index (χ1v) is 25.9. The number of carbonyl (C=O) groups is 1. The zero-order valence-electron chi connectivity index (χ0n) is 39.7. The largest absolute Gasteiger partial charge is 0.472 e. The van der Waals surface area contributed by atoms with Crippen LogP contribution in [0.2, 0.25) is 0 Å². The maximum absolute atomic E-state index is 12.9. The summed E-state index contributed by atoms with van der Waals surface area (Å²) in [4.78, 5) is 23.2. The Balaban J connectivity index is 4.39. The molecule has 61 heavy (non-hydrogen) atoms. The molecule has 4 unspecified atom stereocenters. The fraction of sp³-hybridized carbons (Fsp3) is 0.745. The van der Waals surface area contributed by atoms with Gasteiger partial charge in [-0.1, -0.05) is 170 Å². The highest BCUT2D eigenvalue weighted by Crippen LogP contribution is 2.43. The molecule has 0 aromatic carbocycles. The van der Waals surface area contributed by atoms with Gasteiger partial charge >= 0.3 is 7.82 Å². The molecule has 0 rings (SSSR count). The second-order valence-corrected chi connectivity index (χ2v) is 19.0. The number of hydrogen-bond donors (Lipinski definition) is 4. The van der Waals surface area contributed by atoms with Gasteiger partial charge in [-0.2, -0.15) is 0 Å². The number of unbranched alkanes of at least 4 members (excludes halogenated alkanes) is 17. The second kappa shape index (κ2) is 41.9. The van der Waals surface area contributed by atoms with E-state index < -0.39 is 32.7 Å². The molecule has 0 aliphatic heterocycles. The van der Waals surface area contributed by atoms with E-state index in [1.54, 1.807) is 0 Å². The van der Waals surface area contributed by atoms with E-state index in [1.807, 2.05) is 21.1 Å². The van der Waals surface area contributed by atoms with Crippen molar-refractivity contribution < 1.29 is 38.0 Å². The summed E-state index contributed by atoms with van der Waals surface area (Å²) in [6.07, 6.45) is 52.5. The van der Waals surface area contributed by atoms with Crippen molar-refractivity contribution in [1.82, 2.24) is 5.32 Å². The Morgan fingerprint density at radius 3 is 1.51 bits per heavy atom. The number of phosphoric ester groups is 1. The fourth-order valence-corrected chi connectivity index (χ4v) is 7.37. The lowest BCUT2D eigenvalue weighted by atomic mass is 10.0. The quantitative estimate of drug-likeness (QED) is 0.0208. The zero-order valence-corrected chi connectivity index (χ0v) is 40.6. The number of quaternary nitrogens is 1. The highest BCUT2D eigenvalue weighted by Gasteiger charge is 2.31. The second-order valence-electron chi connectivity index (χ2n) is 17.6. The van der Waals surface area contributed by atoms with Gasteiger partial charge in [0.05, 0.1) is 39.9 Å². The van der Waals surface area contributed by atoms with E-state index in [2.05, 4.69) is 92.1 Å². The van der Waals surface area contributed by atoms with Crippen LogP contribution in [0.25, 0.3) is 0 Å². The monoisotopic (exact) mass is 878 g/mol. The standard InChI is InChI=1S/C51H93N2O7P/c1-6-8-10-12-14-16-18-20-21-22-23-24-25-26-27-28-29-30-31-32-34-36-38-40-42-44-50(55)52-48(47-60-61(57,58)59-46-45-53(3,4)5)51(56)49(54)43-41-39-37-35-33-19-17-15-13-11-9-7-2/h8,10,14,16,20-21,23-24,26-27,35,37,48-49,51,54,56H,6-7,9,11-13,15,17-19,22,25,28-34,36,38-47H2,1-5H3,(H-,52,55,57,58)/p+1/b10-8-,16-14-,21-20-,24-23-,27-26-,37-35+. The summed E-state index contributed by atoms with van der Waals surface area (Å²) in [5, 5.41) is 24.7. The molecule has 0 spiro atoms. The van der Waals surface area contributed by atoms with Gasteiger partial charge in [0.2, 0.25) is 5.91 Å². The van der Waals surface area contributed by atoms with Crippen molar-refractivity contribution >= 4 is 13.7 Å². The summed E-state index contributed by atoms with van der Waals surface area (Å²) in [6, 6.07) is -1.06. The number of phosphoric acid groups is 1. The van der Waals surface area contributed by atoms with Gasteiger partial charge in [-0.05, 0) is 83.5 Å². The van der Waals surface area contributed by atoms with Crippen LogP contribution in [0.1, 0.15) is 187 Å². The Morgan fingerprint density at radius 2 is 1.02 bits per heavy atom. The summed E-state index contributed by atoms with van der Waals surface area (Å²) < 4.78 is 23.5. The van der Waals surface area contributed by atoms with E-state index in [0.29, 0.717) is 30.3 Å². The molecular weight excluding hydrogens is 784 g/mol. The number of nitrogens with zero attached hydrogens (tertiary/aromatic N) is 1. The maximum Gasteiger partial charge on any atom is 0.472 e. The van der Waals surface area contributed by atoms with Gasteiger partial charge in [-0.3, -0.25) is 13.8 Å². The van der Waals surface area contributed by atoms with Crippen molar-refractivity contribution in [3.8, 4) is 0 Å². The Hall–Kier alpha value is -2.10. The fourth-order valence-electron chi connectivity index (χ4n) is 6.64. The minimum absolute atomic E-state index is 0.0117. The minimum Gasteiger partial charge on any atom is -0.390 e. The predicted molar refractivity (Wildman–Crippen MR) is 259 cm³/mol. The van der Waals surface area contributed by atoms with Crippen molar-refractivity contribution in [3.05, 3.63) is 72.9 Å². The molecular formula is C51H94N2O7P+. The molecule has 0 bridgehead atoms. The lowest BCUT2D eigenvalue weighted by molar-refractivity contribution is -0.870. The van der Waals surface area contributed by atoms with Crippen LogP contribution in [0.4, 0.5) is 0 Å². The molecule has 0 saturated heterocycles. The molecule has 0 heterocycles. The number of rotatable bonds is 43. The Morgan fingerprint density at radius 1 is 0.590 bits per heavy atom. The van der Waals surface area contributed by atoms with Gasteiger partial charge in [-0.25, -0.2) is 4.57 Å². The van der Waals surface area contributed by atoms with Crippen molar-refractivity contribution in [2.75, 3.05) is 40.9 Å². The summed E-state index contributed by atoms with van der Waals surface area (Å²) in [7, 11) is 1.40. The van der Waals surface area contributed by atoms with Crippen molar-refractivity contribution in [1.29, 1.82) is 0 Å². The van der Waals surface area contributed by atoms with Crippen LogP contribution in [0, 0.1) is 0 Å². The summed E-state index contributed by atoms with van der Waals surface area (Å²) in [5.74, 6) is -0.278. The van der Waals surface area contributed by atoms with Crippen LogP contribution < -0.4 is 5.32 Å². The third-order valence-electron chi connectivity index (χ3n) is 10.5. The molecule has 10 heteroatoms. The molecule has 4 atom stereocenters.